The summed E-state index contributed by atoms with van der Waals surface area (Å²) in [6.07, 6.45) is -3.93. The van der Waals surface area contributed by atoms with Gasteiger partial charge in [0.25, 0.3) is 0 Å². The van der Waals surface area contributed by atoms with E-state index in [2.05, 4.69) is 9.47 Å². The third kappa shape index (κ3) is 4.00. The Morgan fingerprint density at radius 3 is 2.53 bits per heavy atom. The topological polar surface area (TPSA) is 87.0 Å². The van der Waals surface area contributed by atoms with Crippen molar-refractivity contribution >= 4 is 29.2 Å². The number of aromatic carboxylic acids is 1. The Morgan fingerprint density at radius 1 is 1.18 bits per heavy atom. The minimum Gasteiger partial charge on any atom is -0.477 e. The van der Waals surface area contributed by atoms with Crippen LogP contribution in [0, 0.1) is 0 Å². The number of hydrogen-bond acceptors (Lipinski definition) is 5. The Bertz CT molecular complexity index is 1370. The van der Waals surface area contributed by atoms with Crippen LogP contribution in [-0.2, 0) is 17.9 Å². The van der Waals surface area contributed by atoms with Gasteiger partial charge in [0.2, 0.25) is 5.43 Å². The van der Waals surface area contributed by atoms with Crippen LogP contribution in [0.25, 0.3) is 22.4 Å². The third-order valence-corrected chi connectivity index (χ3v) is 6.02. The molecule has 0 amide bonds. The predicted octanol–water partition coefficient (Wildman–Crippen LogP) is 5.68. The van der Waals surface area contributed by atoms with Gasteiger partial charge in [-0.25, -0.2) is 4.79 Å². The monoisotopic (exact) mass is 511 g/mol. The molecule has 0 bridgehead atoms. The van der Waals surface area contributed by atoms with E-state index >= 15 is 0 Å². The van der Waals surface area contributed by atoms with Crippen LogP contribution in [0.5, 0.6) is 11.5 Å². The van der Waals surface area contributed by atoms with Gasteiger partial charge < -0.3 is 23.9 Å². The summed E-state index contributed by atoms with van der Waals surface area (Å²) in [5, 5.41) is 10.5. The lowest BCUT2D eigenvalue weighted by atomic mass is 9.95. The number of para-hydroxylation sites is 1. The number of carboxylic acids is 1. The first-order valence-electron chi connectivity index (χ1n) is 9.96. The maximum absolute atomic E-state index is 13.8. The van der Waals surface area contributed by atoms with Gasteiger partial charge in [0.1, 0.15) is 5.56 Å². The summed E-state index contributed by atoms with van der Waals surface area (Å²) in [5.74, 6) is -2.16. The molecule has 1 aliphatic rings. The Balaban J connectivity index is 2.14. The zero-order valence-electron chi connectivity index (χ0n) is 17.8. The molecule has 1 N–H and O–H groups in total. The molecule has 1 aliphatic heterocycles. The Morgan fingerprint density at radius 2 is 1.91 bits per heavy atom. The molecule has 3 aromatic rings. The van der Waals surface area contributed by atoms with E-state index in [1.54, 1.807) is 11.5 Å². The van der Waals surface area contributed by atoms with Gasteiger partial charge in [0.05, 0.1) is 33.6 Å². The first-order valence-corrected chi connectivity index (χ1v) is 10.7. The van der Waals surface area contributed by atoms with Crippen molar-refractivity contribution in [2.24, 2.45) is 0 Å². The second-order valence-electron chi connectivity index (χ2n) is 7.29. The van der Waals surface area contributed by atoms with Gasteiger partial charge in [-0.2, -0.15) is 0 Å². The van der Waals surface area contributed by atoms with Gasteiger partial charge in [-0.15, -0.1) is 8.78 Å². The summed E-state index contributed by atoms with van der Waals surface area (Å²) < 4.78 is 43.7. The first-order chi connectivity index (χ1) is 16.1. The number of aromatic nitrogens is 1. The highest BCUT2D eigenvalue weighted by molar-refractivity contribution is 6.42. The molecule has 2 heterocycles. The molecule has 0 fully saturated rings. The number of ether oxygens (including phenoxy) is 3. The van der Waals surface area contributed by atoms with Crippen molar-refractivity contribution in [2.45, 2.75) is 26.4 Å². The lowest BCUT2D eigenvalue weighted by molar-refractivity contribution is -0.286. The van der Waals surface area contributed by atoms with Crippen LogP contribution in [0.15, 0.2) is 41.2 Å². The molecule has 0 unspecified atom stereocenters. The summed E-state index contributed by atoms with van der Waals surface area (Å²) in [4.78, 5) is 26.0. The van der Waals surface area contributed by atoms with E-state index in [1.807, 2.05) is 0 Å². The van der Waals surface area contributed by atoms with E-state index in [1.165, 1.54) is 43.5 Å². The predicted molar refractivity (Wildman–Crippen MR) is 121 cm³/mol. The lowest BCUT2D eigenvalue weighted by Crippen LogP contribution is -2.27. The van der Waals surface area contributed by atoms with Gasteiger partial charge in [0, 0.05) is 24.8 Å². The number of carbonyl (C=O) groups is 1. The van der Waals surface area contributed by atoms with Gasteiger partial charge in [-0.05, 0) is 25.1 Å². The molecule has 178 valence electrons. The van der Waals surface area contributed by atoms with E-state index in [-0.39, 0.29) is 57.2 Å². The highest BCUT2D eigenvalue weighted by Crippen LogP contribution is 2.47. The number of carboxylic acid groups (broad SMARTS) is 1. The Kier molecular flexibility index (Phi) is 6.28. The minimum atomic E-state index is -3.93. The number of nitrogens with zero attached hydrogens (tertiary/aromatic N) is 1. The SMILES string of the molecule is CCn1c(COC)c(-c2cccc3c2OC(F)(F)O3)c(=O)c(C(=O)O)c1-c1ccc(Cl)c(Cl)c1. The van der Waals surface area contributed by atoms with Crippen molar-refractivity contribution in [3.63, 3.8) is 0 Å². The van der Waals surface area contributed by atoms with Crippen LogP contribution in [0.1, 0.15) is 23.0 Å². The Labute approximate surface area is 202 Å². The molecule has 0 aliphatic carbocycles. The number of fused-ring (bicyclic) bond motifs is 1. The summed E-state index contributed by atoms with van der Waals surface area (Å²) >= 11 is 12.2. The smallest absolute Gasteiger partial charge is 0.477 e. The maximum Gasteiger partial charge on any atom is 0.586 e. The molecule has 0 radical (unpaired) electrons. The molecule has 0 saturated heterocycles. The molecular weight excluding hydrogens is 495 g/mol. The summed E-state index contributed by atoms with van der Waals surface area (Å²) in [5.41, 5.74) is -1.01. The van der Waals surface area contributed by atoms with Crippen molar-refractivity contribution in [3.8, 4) is 33.9 Å². The fourth-order valence-corrected chi connectivity index (χ4v) is 4.29. The van der Waals surface area contributed by atoms with E-state index in [0.29, 0.717) is 5.56 Å². The molecule has 4 rings (SSSR count). The summed E-state index contributed by atoms with van der Waals surface area (Å²) in [6, 6.07) is 8.51. The second-order valence-corrected chi connectivity index (χ2v) is 8.10. The largest absolute Gasteiger partial charge is 0.586 e. The van der Waals surface area contributed by atoms with E-state index in [9.17, 15) is 23.5 Å². The molecule has 34 heavy (non-hydrogen) atoms. The zero-order valence-corrected chi connectivity index (χ0v) is 19.3. The number of benzene rings is 2. The van der Waals surface area contributed by atoms with Crippen molar-refractivity contribution < 1.29 is 32.9 Å². The van der Waals surface area contributed by atoms with Crippen molar-refractivity contribution in [3.05, 3.63) is 67.9 Å². The van der Waals surface area contributed by atoms with E-state index in [0.717, 1.165) is 0 Å². The molecule has 0 saturated carbocycles. The van der Waals surface area contributed by atoms with E-state index in [4.69, 9.17) is 27.9 Å². The third-order valence-electron chi connectivity index (χ3n) is 5.28. The zero-order chi connectivity index (χ0) is 24.8. The van der Waals surface area contributed by atoms with Crippen LogP contribution >= 0.6 is 23.2 Å². The molecule has 0 atom stereocenters. The number of alkyl halides is 2. The molecule has 1 aromatic heterocycles. The maximum atomic E-state index is 13.8. The van der Waals surface area contributed by atoms with Crippen molar-refractivity contribution in [2.75, 3.05) is 7.11 Å². The number of halogens is 4. The van der Waals surface area contributed by atoms with Crippen molar-refractivity contribution in [1.82, 2.24) is 4.57 Å². The average molecular weight is 512 g/mol. The number of methoxy groups -OCH3 is 1. The number of pyridine rings is 1. The minimum absolute atomic E-state index is 0.0443. The van der Waals surface area contributed by atoms with Crippen molar-refractivity contribution in [1.29, 1.82) is 0 Å². The Hall–Kier alpha value is -3.14. The fraction of sp³-hybridized carbons (Fsp3) is 0.217. The lowest BCUT2D eigenvalue weighted by Gasteiger charge is -2.23. The average Bonchev–Trinajstić information content (AvgIpc) is 3.09. The molecule has 11 heteroatoms. The van der Waals surface area contributed by atoms with Gasteiger partial charge in [-0.3, -0.25) is 4.79 Å². The second kappa shape index (κ2) is 8.90. The standard InChI is InChI=1S/C23H17Cl2F2NO6/c1-3-28-15(10-32-2)17(12-5-4-6-16-21(12)34-23(26,27)33-16)20(29)18(22(30)31)19(28)11-7-8-13(24)14(25)9-11/h4-9H,3,10H2,1-2H3,(H,30,31). The first kappa shape index (κ1) is 24.0. The van der Waals surface area contributed by atoms with Gasteiger partial charge in [0.15, 0.2) is 11.5 Å². The molecule has 0 spiro atoms. The molecular formula is C23H17Cl2F2NO6. The normalized spacial score (nSPS) is 13.8. The van der Waals surface area contributed by atoms with Crippen LogP contribution in [-0.4, -0.2) is 29.0 Å². The van der Waals surface area contributed by atoms with Gasteiger partial charge >= 0.3 is 12.3 Å². The van der Waals surface area contributed by atoms with Gasteiger partial charge in [-0.1, -0.05) is 41.4 Å². The highest BCUT2D eigenvalue weighted by Gasteiger charge is 2.45. The number of rotatable bonds is 6. The number of hydrogen-bond donors (Lipinski definition) is 1. The van der Waals surface area contributed by atoms with Crippen LogP contribution in [0.4, 0.5) is 8.78 Å². The van der Waals surface area contributed by atoms with Crippen LogP contribution in [0.2, 0.25) is 10.0 Å². The van der Waals surface area contributed by atoms with E-state index < -0.39 is 23.3 Å². The fourth-order valence-electron chi connectivity index (χ4n) is 3.99. The van der Waals surface area contributed by atoms with Crippen LogP contribution in [0.3, 0.4) is 0 Å². The summed E-state index contributed by atoms with van der Waals surface area (Å²) in [7, 11) is 1.39. The quantitative estimate of drug-likeness (QED) is 0.458. The highest BCUT2D eigenvalue weighted by atomic mass is 35.5. The molecule has 2 aromatic carbocycles. The molecule has 7 nitrogen and oxygen atoms in total. The summed E-state index contributed by atoms with van der Waals surface area (Å²) in [6.45, 7) is 1.82. The van der Waals surface area contributed by atoms with Crippen LogP contribution < -0.4 is 14.9 Å².